The van der Waals surface area contributed by atoms with E-state index in [0.717, 1.165) is 31.5 Å². The number of hydrogen-bond acceptors (Lipinski definition) is 5. The summed E-state index contributed by atoms with van der Waals surface area (Å²) < 4.78 is 6.03. The minimum Gasteiger partial charge on any atom is -0.473 e. The van der Waals surface area contributed by atoms with E-state index in [2.05, 4.69) is 34.6 Å². The second-order valence-corrected chi connectivity index (χ2v) is 6.11. The third-order valence-electron chi connectivity index (χ3n) is 3.81. The summed E-state index contributed by atoms with van der Waals surface area (Å²) >= 11 is 0. The molecule has 0 N–H and O–H groups in total. The van der Waals surface area contributed by atoms with Crippen LogP contribution in [0.2, 0.25) is 0 Å². The van der Waals surface area contributed by atoms with Crippen molar-refractivity contribution in [1.82, 2.24) is 14.9 Å². The normalized spacial score (nSPS) is 12.0. The quantitative estimate of drug-likeness (QED) is 0.490. The Kier molecular flexibility index (Phi) is 7.29. The van der Waals surface area contributed by atoms with E-state index in [4.69, 9.17) is 4.74 Å². The molecule has 0 unspecified atom stereocenters. The summed E-state index contributed by atoms with van der Waals surface area (Å²) in [5, 5.41) is 0. The van der Waals surface area contributed by atoms with Gasteiger partial charge in [-0.2, -0.15) is 0 Å². The van der Waals surface area contributed by atoms with Crippen LogP contribution in [0.15, 0.2) is 55.5 Å². The Morgan fingerprint density at radius 3 is 2.80 bits per heavy atom. The second-order valence-electron chi connectivity index (χ2n) is 6.11. The third-order valence-corrected chi connectivity index (χ3v) is 3.81. The van der Waals surface area contributed by atoms with Crippen LogP contribution in [-0.2, 0) is 6.54 Å². The molecule has 0 aliphatic carbocycles. The first-order chi connectivity index (χ1) is 12.1. The number of likely N-dealkylation sites (N-methyl/N-ethyl adjacent to an activating group) is 1. The highest BCUT2D eigenvalue weighted by Gasteiger charge is 2.14. The van der Waals surface area contributed by atoms with Crippen molar-refractivity contribution in [3.05, 3.63) is 66.6 Å². The van der Waals surface area contributed by atoms with Gasteiger partial charge in [0.05, 0.1) is 0 Å². The first-order valence-electron chi connectivity index (χ1n) is 8.40. The number of pyridine rings is 2. The topological polar surface area (TPSA) is 55.3 Å². The molecule has 5 heteroatoms. The molecule has 0 bridgehead atoms. The lowest BCUT2D eigenvalue weighted by atomic mass is 10.1. The van der Waals surface area contributed by atoms with E-state index in [1.807, 2.05) is 18.3 Å². The minimum absolute atomic E-state index is 0.00142. The van der Waals surface area contributed by atoms with E-state index >= 15 is 0 Å². The van der Waals surface area contributed by atoms with Crippen molar-refractivity contribution < 1.29 is 9.53 Å². The maximum Gasteiger partial charge on any atom is 0.213 e. The summed E-state index contributed by atoms with van der Waals surface area (Å²) in [6, 6.07) is 7.49. The number of hydrogen-bond donors (Lipinski definition) is 0. The standard InChI is InChI=1S/C20H25N3O2/c1-4-5-8-19(15-23(3)14-17-7-6-11-21-12-17)25-20-10-9-18(13-22-20)16(2)24/h4,6-7,9-13,19H,1,5,8,14-15H2,2-3H3/t19-/m1/s1. The molecular weight excluding hydrogens is 314 g/mol. The lowest BCUT2D eigenvalue weighted by Gasteiger charge is -2.24. The number of nitrogens with zero attached hydrogens (tertiary/aromatic N) is 3. The third kappa shape index (κ3) is 6.47. The monoisotopic (exact) mass is 339 g/mol. The predicted molar refractivity (Wildman–Crippen MR) is 98.7 cm³/mol. The summed E-state index contributed by atoms with van der Waals surface area (Å²) in [7, 11) is 2.06. The van der Waals surface area contributed by atoms with Crippen molar-refractivity contribution in [3.8, 4) is 5.88 Å². The van der Waals surface area contributed by atoms with Crippen molar-refractivity contribution >= 4 is 5.78 Å². The molecule has 0 aliphatic heterocycles. The van der Waals surface area contributed by atoms with E-state index in [-0.39, 0.29) is 11.9 Å². The van der Waals surface area contributed by atoms with Crippen LogP contribution in [0.1, 0.15) is 35.7 Å². The summed E-state index contributed by atoms with van der Waals surface area (Å²) in [5.41, 5.74) is 1.75. The Bertz CT molecular complexity index is 671. The first kappa shape index (κ1) is 18.8. The average Bonchev–Trinajstić information content (AvgIpc) is 2.61. The number of carbonyl (C=O) groups is 1. The molecular formula is C20H25N3O2. The van der Waals surface area contributed by atoms with Crippen LogP contribution < -0.4 is 4.74 Å². The number of aromatic nitrogens is 2. The number of ether oxygens (including phenoxy) is 1. The Hall–Kier alpha value is -2.53. The predicted octanol–water partition coefficient (Wildman–Crippen LogP) is 3.52. The van der Waals surface area contributed by atoms with Gasteiger partial charge in [0.25, 0.3) is 0 Å². The Morgan fingerprint density at radius 2 is 2.20 bits per heavy atom. The SMILES string of the molecule is C=CCC[C@H](CN(C)Cc1cccnc1)Oc1ccc(C(C)=O)cn1. The van der Waals surface area contributed by atoms with Crippen molar-refractivity contribution in [2.75, 3.05) is 13.6 Å². The average molecular weight is 339 g/mol. The highest BCUT2D eigenvalue weighted by molar-refractivity contribution is 5.93. The van der Waals surface area contributed by atoms with Crippen molar-refractivity contribution in [2.45, 2.75) is 32.4 Å². The fourth-order valence-corrected chi connectivity index (χ4v) is 2.54. The van der Waals surface area contributed by atoms with Gasteiger partial charge in [-0.1, -0.05) is 12.1 Å². The van der Waals surface area contributed by atoms with Gasteiger partial charge < -0.3 is 4.74 Å². The number of allylic oxidation sites excluding steroid dienone is 1. The van der Waals surface area contributed by atoms with Crippen LogP contribution in [0.5, 0.6) is 5.88 Å². The number of ketones is 1. The number of carbonyl (C=O) groups excluding carboxylic acids is 1. The Balaban J connectivity index is 1.97. The molecule has 0 fully saturated rings. The van der Waals surface area contributed by atoms with Gasteiger partial charge in [0.1, 0.15) is 6.10 Å². The van der Waals surface area contributed by atoms with Gasteiger partial charge in [-0.25, -0.2) is 4.98 Å². The largest absolute Gasteiger partial charge is 0.473 e. The van der Waals surface area contributed by atoms with Crippen LogP contribution in [0.3, 0.4) is 0 Å². The lowest BCUT2D eigenvalue weighted by Crippen LogP contribution is -2.33. The van der Waals surface area contributed by atoms with Crippen LogP contribution in [-0.4, -0.2) is 40.3 Å². The van der Waals surface area contributed by atoms with Crippen LogP contribution >= 0.6 is 0 Å². The summed E-state index contributed by atoms with van der Waals surface area (Å²) in [6.45, 7) is 6.88. The zero-order chi connectivity index (χ0) is 18.1. The molecule has 5 nitrogen and oxygen atoms in total. The van der Waals surface area contributed by atoms with E-state index in [9.17, 15) is 4.79 Å². The van der Waals surface area contributed by atoms with Crippen molar-refractivity contribution in [3.63, 3.8) is 0 Å². The van der Waals surface area contributed by atoms with Crippen LogP contribution in [0.4, 0.5) is 0 Å². The molecule has 0 saturated heterocycles. The molecule has 0 spiro atoms. The van der Waals surface area contributed by atoms with Gasteiger partial charge in [-0.05, 0) is 44.5 Å². The van der Waals surface area contributed by atoms with Crippen LogP contribution in [0.25, 0.3) is 0 Å². The molecule has 0 radical (unpaired) electrons. The second kappa shape index (κ2) is 9.69. The molecule has 2 aromatic rings. The number of Topliss-reactive ketones (excluding diaryl/α,β-unsaturated/α-hetero) is 1. The van der Waals surface area contributed by atoms with Gasteiger partial charge in [0, 0.05) is 43.3 Å². The van der Waals surface area contributed by atoms with Crippen molar-refractivity contribution in [2.24, 2.45) is 0 Å². The minimum atomic E-state index is -0.00431. The van der Waals surface area contributed by atoms with Crippen LogP contribution in [0, 0.1) is 0 Å². The Morgan fingerprint density at radius 1 is 1.36 bits per heavy atom. The highest BCUT2D eigenvalue weighted by atomic mass is 16.5. The van der Waals surface area contributed by atoms with Gasteiger partial charge in [0.15, 0.2) is 5.78 Å². The molecule has 1 atom stereocenters. The molecule has 2 heterocycles. The molecule has 0 aliphatic rings. The zero-order valence-electron chi connectivity index (χ0n) is 14.9. The maximum atomic E-state index is 11.3. The van der Waals surface area contributed by atoms with E-state index in [1.54, 1.807) is 24.5 Å². The summed E-state index contributed by atoms with van der Waals surface area (Å²) in [4.78, 5) is 21.9. The molecule has 25 heavy (non-hydrogen) atoms. The first-order valence-corrected chi connectivity index (χ1v) is 8.40. The molecule has 0 amide bonds. The molecule has 132 valence electrons. The highest BCUT2D eigenvalue weighted by Crippen LogP contribution is 2.14. The summed E-state index contributed by atoms with van der Waals surface area (Å²) in [6.07, 6.45) is 8.82. The van der Waals surface area contributed by atoms with E-state index in [1.165, 1.54) is 6.92 Å². The lowest BCUT2D eigenvalue weighted by molar-refractivity contribution is 0.101. The molecule has 0 saturated carbocycles. The van der Waals surface area contributed by atoms with Gasteiger partial charge >= 0.3 is 0 Å². The van der Waals surface area contributed by atoms with E-state index in [0.29, 0.717) is 11.4 Å². The van der Waals surface area contributed by atoms with E-state index < -0.39 is 0 Å². The van der Waals surface area contributed by atoms with Gasteiger partial charge in [-0.15, -0.1) is 6.58 Å². The smallest absolute Gasteiger partial charge is 0.213 e. The molecule has 2 aromatic heterocycles. The maximum absolute atomic E-state index is 11.3. The van der Waals surface area contributed by atoms with Crippen molar-refractivity contribution in [1.29, 1.82) is 0 Å². The van der Waals surface area contributed by atoms with Gasteiger partial charge in [0.2, 0.25) is 5.88 Å². The summed E-state index contributed by atoms with van der Waals surface area (Å²) in [5.74, 6) is 0.535. The van der Waals surface area contributed by atoms with Gasteiger partial charge in [-0.3, -0.25) is 14.7 Å². The zero-order valence-corrected chi connectivity index (χ0v) is 14.9. The molecule has 0 aromatic carbocycles. The Labute approximate surface area is 149 Å². The fraction of sp³-hybridized carbons (Fsp3) is 0.350. The molecule has 2 rings (SSSR count). The number of rotatable bonds is 10. The fourth-order valence-electron chi connectivity index (χ4n) is 2.54.